The topological polar surface area (TPSA) is 180 Å². The number of pyridine rings is 2. The van der Waals surface area contributed by atoms with Crippen molar-refractivity contribution < 1.29 is 63.6 Å². The van der Waals surface area contributed by atoms with Crippen LogP contribution in [0.15, 0.2) is 139 Å². The zero-order chi connectivity index (χ0) is 53.9. The van der Waals surface area contributed by atoms with Crippen molar-refractivity contribution in [3.8, 4) is 11.1 Å². The normalized spacial score (nSPS) is 15.2. The van der Waals surface area contributed by atoms with E-state index in [1.54, 1.807) is 24.3 Å². The predicted octanol–water partition coefficient (Wildman–Crippen LogP) is 8.46. The third-order valence-electron chi connectivity index (χ3n) is 12.2. The molecule has 4 atom stereocenters. The van der Waals surface area contributed by atoms with E-state index in [0.717, 1.165) is 76.0 Å². The van der Waals surface area contributed by atoms with E-state index in [1.165, 1.54) is 30.5 Å². The molecule has 5 heterocycles. The fraction of sp³-hybridized carbons (Fsp3) is 0.250. The van der Waals surface area contributed by atoms with Crippen LogP contribution < -0.4 is 9.80 Å². The highest BCUT2D eigenvalue weighted by atomic mass is 79.9. The highest BCUT2D eigenvalue weighted by Crippen LogP contribution is 2.48. The molecular weight excluding hydrogens is 1110 g/mol. The molecule has 4 aromatic heterocycles. The van der Waals surface area contributed by atoms with Gasteiger partial charge in [-0.1, -0.05) is 30.3 Å². The Morgan fingerprint density at radius 2 is 0.961 bits per heavy atom. The largest absolute Gasteiger partial charge is 0.418 e. The van der Waals surface area contributed by atoms with Gasteiger partial charge in [0.2, 0.25) is 0 Å². The number of rotatable bonds is 14. The Bertz CT molecular complexity index is 3180. The number of nitrogens with zero attached hydrogens (tertiary/aromatic N) is 12. The maximum atomic E-state index is 16.1. The van der Waals surface area contributed by atoms with Gasteiger partial charge < -0.3 is 25.1 Å². The van der Waals surface area contributed by atoms with E-state index in [4.69, 9.17) is 0 Å². The molecular formula is C48H41BrF11N12O3P. The molecule has 0 spiro atoms. The first kappa shape index (κ1) is 56.7. The van der Waals surface area contributed by atoms with Gasteiger partial charge in [0.05, 0.1) is 13.1 Å². The third-order valence-corrected chi connectivity index (χ3v) is 12.7. The number of aliphatic hydroxyl groups is 3. The maximum Gasteiger partial charge on any atom is 0.418 e. The van der Waals surface area contributed by atoms with Gasteiger partial charge in [-0.3, -0.25) is 9.97 Å². The molecule has 76 heavy (non-hydrogen) atoms. The molecule has 1 aliphatic heterocycles. The summed E-state index contributed by atoms with van der Waals surface area (Å²) in [6.07, 6.45) is -3.01. The van der Waals surface area contributed by atoms with Gasteiger partial charge in [-0.05, 0) is 115 Å². The van der Waals surface area contributed by atoms with E-state index in [2.05, 4.69) is 61.8 Å². The highest BCUT2D eigenvalue weighted by Gasteiger charge is 2.59. The van der Waals surface area contributed by atoms with Gasteiger partial charge in [0.15, 0.2) is 17.3 Å². The van der Waals surface area contributed by atoms with E-state index in [0.29, 0.717) is 53.9 Å². The summed E-state index contributed by atoms with van der Waals surface area (Å²) in [5.41, 5.74) is -7.16. The third kappa shape index (κ3) is 11.8. The summed E-state index contributed by atoms with van der Waals surface area (Å²) in [5, 5.41) is 52.0. The predicted molar refractivity (Wildman–Crippen MR) is 259 cm³/mol. The van der Waals surface area contributed by atoms with Crippen LogP contribution in [0.4, 0.5) is 59.7 Å². The maximum absolute atomic E-state index is 16.1. The summed E-state index contributed by atoms with van der Waals surface area (Å²) in [6.45, 7) is 0.592. The number of anilines is 2. The first-order chi connectivity index (χ1) is 35.5. The summed E-state index contributed by atoms with van der Waals surface area (Å²) in [7, 11) is 0. The molecule has 0 radical (unpaired) electrons. The van der Waals surface area contributed by atoms with Crippen molar-refractivity contribution in [3.05, 3.63) is 190 Å². The summed E-state index contributed by atoms with van der Waals surface area (Å²) >= 11 is 3.07. The molecule has 0 saturated carbocycles. The van der Waals surface area contributed by atoms with Crippen molar-refractivity contribution in [1.29, 1.82) is 0 Å². The van der Waals surface area contributed by atoms with Crippen molar-refractivity contribution in [1.82, 2.24) is 50.4 Å². The second kappa shape index (κ2) is 22.6. The average molecular weight is 1150 g/mol. The minimum absolute atomic E-state index is 0. The fourth-order valence-corrected chi connectivity index (χ4v) is 8.45. The Morgan fingerprint density at radius 1 is 0.539 bits per heavy atom. The van der Waals surface area contributed by atoms with Crippen molar-refractivity contribution in [3.63, 3.8) is 0 Å². The van der Waals surface area contributed by atoms with Gasteiger partial charge in [-0.25, -0.2) is 26.9 Å². The van der Waals surface area contributed by atoms with Crippen LogP contribution in [0.2, 0.25) is 0 Å². The molecule has 0 bridgehead atoms. The summed E-state index contributed by atoms with van der Waals surface area (Å²) < 4.78 is 159. The van der Waals surface area contributed by atoms with Gasteiger partial charge in [-0.2, -0.15) is 40.6 Å². The van der Waals surface area contributed by atoms with Gasteiger partial charge in [0.25, 0.3) is 0 Å². The number of aliphatic hydroxyl groups excluding tert-OH is 1. The van der Waals surface area contributed by atoms with Crippen molar-refractivity contribution >= 4 is 37.2 Å². The SMILES string of the molecule is OC(c1ccc(N2CCN(c3ccc(-c4ccc(C(F)(F)[C@](O)(Cn5cnnn5)c5ccc(F)cc5F)nc4)cc3)CC2)cc1)C(F)(F)F.O[C@@](Cn1cnnn1)(c1ccc(F)cc1F)C(F)(F)c1ccc(Br)cn1.P. The first-order valence-corrected chi connectivity index (χ1v) is 22.9. The molecule has 1 saturated heterocycles. The molecule has 9 rings (SSSR count). The number of alkyl halides is 7. The van der Waals surface area contributed by atoms with Gasteiger partial charge >= 0.3 is 18.0 Å². The smallest absolute Gasteiger partial charge is 0.379 e. The summed E-state index contributed by atoms with van der Waals surface area (Å²) in [4.78, 5) is 11.7. The molecule has 400 valence electrons. The van der Waals surface area contributed by atoms with Crippen molar-refractivity contribution in [2.24, 2.45) is 0 Å². The summed E-state index contributed by atoms with van der Waals surface area (Å²) in [5.74, 6) is -12.9. The Hall–Kier alpha value is -7.06. The van der Waals surface area contributed by atoms with Crippen LogP contribution in [0.1, 0.15) is 34.2 Å². The number of halogens is 12. The van der Waals surface area contributed by atoms with Crippen molar-refractivity contribution in [2.45, 2.75) is 48.4 Å². The van der Waals surface area contributed by atoms with Crippen molar-refractivity contribution in [2.75, 3.05) is 36.0 Å². The Kier molecular flexibility index (Phi) is 16.9. The standard InChI is InChI=1S/C33H28F7N7O2.C15H10BrF4N5O.H3P/c34-24-6-11-27(28(35)17-24)31(49,19-47-20-42-43-44-47)32(36,37)29-12-5-23(18-41-29)21-1-7-25(8-2-21)45-13-15-46(16-14-45)26-9-3-22(4-10-26)30(48)33(38,39)40;16-9-1-4-13(21-6-9)15(19,20)14(26,7-25-8-22-23-24-25)11-3-2-10(17)5-12(11)18;/h1-12,17-18,20,30,48-49H,13-16,19H2;1-6,8,26H,7H2;1H3/t30?,31-;14-;/m00./s1. The lowest BCUT2D eigenvalue weighted by Crippen LogP contribution is -2.48. The van der Waals surface area contributed by atoms with E-state index in [9.17, 15) is 46.1 Å². The lowest BCUT2D eigenvalue weighted by atomic mass is 9.84. The number of aromatic nitrogens is 10. The number of piperazine rings is 1. The number of hydrogen-bond donors (Lipinski definition) is 3. The van der Waals surface area contributed by atoms with E-state index >= 15 is 17.6 Å². The molecule has 3 N–H and O–H groups in total. The molecule has 1 fully saturated rings. The van der Waals surface area contributed by atoms with Crippen LogP contribution in [0.5, 0.6) is 0 Å². The number of hydrogen-bond acceptors (Lipinski definition) is 13. The Balaban J connectivity index is 0.000000262. The van der Waals surface area contributed by atoms with Crippen LogP contribution in [0.3, 0.4) is 0 Å². The molecule has 0 aliphatic carbocycles. The van der Waals surface area contributed by atoms with Crippen LogP contribution >= 0.6 is 25.8 Å². The van der Waals surface area contributed by atoms with Crippen LogP contribution in [0.25, 0.3) is 11.1 Å². The lowest BCUT2D eigenvalue weighted by molar-refractivity contribution is -0.207. The lowest BCUT2D eigenvalue weighted by Gasteiger charge is -2.37. The minimum atomic E-state index is -4.74. The average Bonchev–Trinajstić information content (AvgIpc) is 4.11. The number of benzene rings is 4. The van der Waals surface area contributed by atoms with Gasteiger partial charge in [-0.15, -0.1) is 10.2 Å². The van der Waals surface area contributed by atoms with Gasteiger partial charge in [0, 0.05) is 83.2 Å². The molecule has 28 heteroatoms. The second-order valence-electron chi connectivity index (χ2n) is 17.0. The molecule has 1 aliphatic rings. The molecule has 15 nitrogen and oxygen atoms in total. The number of tetrazole rings is 2. The van der Waals surface area contributed by atoms with E-state index in [1.807, 2.05) is 17.0 Å². The Morgan fingerprint density at radius 3 is 1.33 bits per heavy atom. The second-order valence-corrected chi connectivity index (χ2v) is 17.9. The zero-order valence-electron chi connectivity index (χ0n) is 39.0. The molecule has 2 unspecified atom stereocenters. The fourth-order valence-electron chi connectivity index (χ4n) is 8.21. The molecule has 0 amide bonds. The van der Waals surface area contributed by atoms with Gasteiger partial charge in [0.1, 0.15) is 47.3 Å². The minimum Gasteiger partial charge on any atom is -0.379 e. The molecule has 4 aromatic carbocycles. The van der Waals surface area contributed by atoms with E-state index < -0.39 is 94.2 Å². The Labute approximate surface area is 435 Å². The quantitative estimate of drug-likeness (QED) is 0.0698. The zero-order valence-corrected chi connectivity index (χ0v) is 42.0. The van der Waals surface area contributed by atoms with Crippen LogP contribution in [-0.2, 0) is 36.1 Å². The van der Waals surface area contributed by atoms with Crippen LogP contribution in [-0.4, -0.2) is 98.1 Å². The first-order valence-electron chi connectivity index (χ1n) is 22.1. The highest BCUT2D eigenvalue weighted by molar-refractivity contribution is 9.10. The van der Waals surface area contributed by atoms with Crippen LogP contribution in [0, 0.1) is 23.3 Å². The molecule has 8 aromatic rings. The summed E-state index contributed by atoms with van der Waals surface area (Å²) in [6, 6.07) is 21.5. The monoisotopic (exact) mass is 1150 g/mol. The van der Waals surface area contributed by atoms with E-state index in [-0.39, 0.29) is 15.5 Å².